The maximum atomic E-state index is 10.4. The van der Waals surface area contributed by atoms with Gasteiger partial charge >= 0.3 is 0 Å². The number of aromatic hydroxyl groups is 1. The Bertz CT molecular complexity index is 1020. The molecule has 1 fully saturated rings. The minimum absolute atomic E-state index is 0.112. The average Bonchev–Trinajstić information content (AvgIpc) is 3.09. The summed E-state index contributed by atoms with van der Waals surface area (Å²) in [7, 11) is 0. The Kier molecular flexibility index (Phi) is 5.57. The first-order valence-electron chi connectivity index (χ1n) is 9.90. The number of aliphatic hydroxyl groups excluding tert-OH is 4. The summed E-state index contributed by atoms with van der Waals surface area (Å²) in [4.78, 5) is 0. The van der Waals surface area contributed by atoms with Crippen LogP contribution in [0.2, 0.25) is 0 Å². The number of rotatable bonds is 4. The second-order valence-corrected chi connectivity index (χ2v) is 8.01. The van der Waals surface area contributed by atoms with Crippen LogP contribution in [0.3, 0.4) is 0 Å². The van der Waals surface area contributed by atoms with Crippen molar-refractivity contribution in [2.45, 2.75) is 50.8 Å². The molecule has 3 aromatic rings. The number of fused-ring (bicyclic) bond motifs is 1. The average molecular weight is 414 g/mol. The number of ether oxygens (including phenoxy) is 1. The van der Waals surface area contributed by atoms with Gasteiger partial charge in [-0.1, -0.05) is 6.07 Å². The summed E-state index contributed by atoms with van der Waals surface area (Å²) < 4.78 is 11.5. The standard InChI is InChI=1S/C23H26O7/c1-11-5-14-9-15(29-18(14)6-12(11)2)7-13-3-4-17(25)16(8-13)23-22(28)21(27)20(26)19(10-24)30-23/h3-6,8-9,19-28H,7,10H2,1-2H3/t19-,20-,21+,22-,23+/m1/s1. The van der Waals surface area contributed by atoms with E-state index in [0.29, 0.717) is 6.42 Å². The molecule has 0 amide bonds. The Labute approximate surface area is 173 Å². The highest BCUT2D eigenvalue weighted by molar-refractivity contribution is 5.79. The van der Waals surface area contributed by atoms with E-state index < -0.39 is 37.1 Å². The molecule has 5 N–H and O–H groups in total. The van der Waals surface area contributed by atoms with Gasteiger partial charge in [-0.25, -0.2) is 0 Å². The summed E-state index contributed by atoms with van der Waals surface area (Å²) in [6.45, 7) is 3.55. The van der Waals surface area contributed by atoms with Crippen molar-refractivity contribution >= 4 is 11.0 Å². The molecule has 0 spiro atoms. The zero-order chi connectivity index (χ0) is 21.6. The molecule has 0 aliphatic carbocycles. The van der Waals surface area contributed by atoms with Gasteiger partial charge in [0.1, 0.15) is 47.6 Å². The molecular formula is C23H26O7. The van der Waals surface area contributed by atoms with Crippen LogP contribution in [0.5, 0.6) is 5.75 Å². The van der Waals surface area contributed by atoms with E-state index in [0.717, 1.165) is 27.9 Å². The van der Waals surface area contributed by atoms with Gasteiger partial charge in [0.15, 0.2) is 0 Å². The highest BCUT2D eigenvalue weighted by Crippen LogP contribution is 2.37. The second kappa shape index (κ2) is 8.02. The summed E-state index contributed by atoms with van der Waals surface area (Å²) in [5.41, 5.74) is 4.22. The lowest BCUT2D eigenvalue weighted by atomic mass is 9.90. The topological polar surface area (TPSA) is 124 Å². The molecule has 7 heteroatoms. The molecule has 4 rings (SSSR count). The normalized spacial score (nSPS) is 26.9. The molecule has 0 radical (unpaired) electrons. The molecule has 0 unspecified atom stereocenters. The monoisotopic (exact) mass is 414 g/mol. The summed E-state index contributed by atoms with van der Waals surface area (Å²) >= 11 is 0. The summed E-state index contributed by atoms with van der Waals surface area (Å²) in [5, 5.41) is 51.2. The maximum absolute atomic E-state index is 10.4. The van der Waals surface area contributed by atoms with Gasteiger partial charge in [-0.15, -0.1) is 0 Å². The van der Waals surface area contributed by atoms with Crippen LogP contribution < -0.4 is 0 Å². The third-order valence-electron chi connectivity index (χ3n) is 5.85. The molecule has 0 bridgehead atoms. The Morgan fingerprint density at radius 2 is 1.63 bits per heavy atom. The highest BCUT2D eigenvalue weighted by Gasteiger charge is 2.44. The minimum Gasteiger partial charge on any atom is -0.508 e. The molecule has 5 atom stereocenters. The van der Waals surface area contributed by atoms with Crippen molar-refractivity contribution in [3.8, 4) is 5.75 Å². The Morgan fingerprint density at radius 3 is 2.37 bits per heavy atom. The maximum Gasteiger partial charge on any atom is 0.134 e. The Balaban J connectivity index is 1.63. The van der Waals surface area contributed by atoms with E-state index in [-0.39, 0.29) is 11.3 Å². The predicted molar refractivity (Wildman–Crippen MR) is 109 cm³/mol. The van der Waals surface area contributed by atoms with Crippen LogP contribution in [-0.2, 0) is 11.2 Å². The van der Waals surface area contributed by atoms with Crippen molar-refractivity contribution in [3.63, 3.8) is 0 Å². The lowest BCUT2D eigenvalue weighted by Gasteiger charge is -2.40. The minimum atomic E-state index is -1.51. The summed E-state index contributed by atoms with van der Waals surface area (Å²) in [5.74, 6) is 0.638. The number of phenols is 1. The smallest absolute Gasteiger partial charge is 0.134 e. The molecule has 0 saturated carbocycles. The van der Waals surface area contributed by atoms with E-state index in [9.17, 15) is 25.5 Å². The van der Waals surface area contributed by atoms with E-state index in [4.69, 9.17) is 9.15 Å². The van der Waals surface area contributed by atoms with Crippen LogP contribution in [0.25, 0.3) is 11.0 Å². The molecule has 7 nitrogen and oxygen atoms in total. The van der Waals surface area contributed by atoms with E-state index in [1.54, 1.807) is 12.1 Å². The van der Waals surface area contributed by atoms with Crippen molar-refractivity contribution in [1.29, 1.82) is 0 Å². The van der Waals surface area contributed by atoms with Crippen LogP contribution in [0.15, 0.2) is 40.8 Å². The molecule has 30 heavy (non-hydrogen) atoms. The van der Waals surface area contributed by atoms with Crippen LogP contribution in [-0.4, -0.2) is 56.6 Å². The van der Waals surface area contributed by atoms with Crippen molar-refractivity contribution in [1.82, 2.24) is 0 Å². The lowest BCUT2D eigenvalue weighted by molar-refractivity contribution is -0.232. The quantitative estimate of drug-likeness (QED) is 0.441. The van der Waals surface area contributed by atoms with Gasteiger partial charge < -0.3 is 34.7 Å². The summed E-state index contributed by atoms with van der Waals surface area (Å²) in [6, 6.07) is 11.0. The first kappa shape index (κ1) is 20.8. The second-order valence-electron chi connectivity index (χ2n) is 8.01. The third-order valence-corrected chi connectivity index (χ3v) is 5.85. The first-order valence-corrected chi connectivity index (χ1v) is 9.90. The largest absolute Gasteiger partial charge is 0.508 e. The molecule has 1 saturated heterocycles. The number of hydrogen-bond acceptors (Lipinski definition) is 7. The van der Waals surface area contributed by atoms with Crippen LogP contribution in [0, 0.1) is 13.8 Å². The number of furan rings is 1. The Morgan fingerprint density at radius 1 is 0.900 bits per heavy atom. The van der Waals surface area contributed by atoms with Crippen molar-refractivity contribution in [2.24, 2.45) is 0 Å². The fraction of sp³-hybridized carbons (Fsp3) is 0.391. The van der Waals surface area contributed by atoms with E-state index in [2.05, 4.69) is 6.07 Å². The SMILES string of the molecule is Cc1cc2cc(Cc3ccc(O)c([C@@H]4O[C@H](CO)[C@@H](O)[C@H](O)[C@H]4O)c3)oc2cc1C. The Hall–Kier alpha value is -2.42. The number of phenolic OH excluding ortho intramolecular Hbond substituents is 1. The number of benzene rings is 2. The van der Waals surface area contributed by atoms with Gasteiger partial charge in [0.05, 0.1) is 6.61 Å². The fourth-order valence-corrected chi connectivity index (χ4v) is 3.95. The van der Waals surface area contributed by atoms with Crippen LogP contribution in [0.1, 0.15) is 34.1 Å². The van der Waals surface area contributed by atoms with Crippen molar-refractivity contribution in [3.05, 3.63) is 64.4 Å². The zero-order valence-electron chi connectivity index (χ0n) is 16.8. The molecule has 160 valence electrons. The third kappa shape index (κ3) is 3.71. The van der Waals surface area contributed by atoms with Crippen molar-refractivity contribution in [2.75, 3.05) is 6.61 Å². The molecule has 1 aromatic heterocycles. The first-order chi connectivity index (χ1) is 14.3. The van der Waals surface area contributed by atoms with Crippen LogP contribution in [0.4, 0.5) is 0 Å². The molecule has 1 aliphatic heterocycles. The molecule has 2 heterocycles. The van der Waals surface area contributed by atoms with E-state index in [1.807, 2.05) is 26.0 Å². The highest BCUT2D eigenvalue weighted by atomic mass is 16.5. The van der Waals surface area contributed by atoms with E-state index >= 15 is 0 Å². The number of aliphatic hydroxyl groups is 4. The zero-order valence-corrected chi connectivity index (χ0v) is 16.8. The fourth-order valence-electron chi connectivity index (χ4n) is 3.95. The van der Waals surface area contributed by atoms with Gasteiger partial charge in [-0.3, -0.25) is 0 Å². The van der Waals surface area contributed by atoms with E-state index in [1.165, 1.54) is 11.6 Å². The van der Waals surface area contributed by atoms with Crippen molar-refractivity contribution < 1.29 is 34.7 Å². The molecular weight excluding hydrogens is 388 g/mol. The predicted octanol–water partition coefficient (Wildman–Crippen LogP) is 1.86. The summed E-state index contributed by atoms with van der Waals surface area (Å²) in [6.07, 6.45) is -6.10. The van der Waals surface area contributed by atoms with Gasteiger partial charge in [-0.05, 0) is 60.9 Å². The number of hydrogen-bond donors (Lipinski definition) is 5. The molecule has 2 aromatic carbocycles. The van der Waals surface area contributed by atoms with Crippen LogP contribution >= 0.6 is 0 Å². The van der Waals surface area contributed by atoms with Gasteiger partial charge in [0, 0.05) is 17.4 Å². The van der Waals surface area contributed by atoms with Gasteiger partial charge in [0.25, 0.3) is 0 Å². The van der Waals surface area contributed by atoms with Gasteiger partial charge in [-0.2, -0.15) is 0 Å². The van der Waals surface area contributed by atoms with Gasteiger partial charge in [0.2, 0.25) is 0 Å². The molecule has 1 aliphatic rings. The lowest BCUT2D eigenvalue weighted by Crippen LogP contribution is -2.55. The number of aryl methyl sites for hydroxylation is 2.